The van der Waals surface area contributed by atoms with Gasteiger partial charge in [-0.3, -0.25) is 4.79 Å². The van der Waals surface area contributed by atoms with Gasteiger partial charge in [-0.2, -0.15) is 0 Å². The molecule has 0 saturated heterocycles. The Morgan fingerprint density at radius 2 is 2.00 bits per heavy atom. The molecule has 0 unspecified atom stereocenters. The van der Waals surface area contributed by atoms with Crippen molar-refractivity contribution in [2.45, 2.75) is 11.9 Å². The molecule has 0 aliphatic carbocycles. The molecule has 24 heavy (non-hydrogen) atoms. The van der Waals surface area contributed by atoms with E-state index in [1.807, 2.05) is 19.2 Å². The van der Waals surface area contributed by atoms with Gasteiger partial charge in [0.2, 0.25) is 0 Å². The van der Waals surface area contributed by atoms with Crippen LogP contribution >= 0.6 is 11.8 Å². The Morgan fingerprint density at radius 3 is 2.75 bits per heavy atom. The van der Waals surface area contributed by atoms with Gasteiger partial charge in [0.1, 0.15) is 10.8 Å². The minimum Gasteiger partial charge on any atom is -0.492 e. The van der Waals surface area contributed by atoms with Crippen molar-refractivity contribution < 1.29 is 19.1 Å². The van der Waals surface area contributed by atoms with Crippen LogP contribution in [-0.4, -0.2) is 36.3 Å². The Labute approximate surface area is 144 Å². The first-order valence-corrected chi connectivity index (χ1v) is 8.56. The SMILES string of the molecule is CCOc1ccccc1NC(=O)COC(=O)c1cccnc1SC. The predicted octanol–water partition coefficient (Wildman–Crippen LogP) is 3.00. The van der Waals surface area contributed by atoms with E-state index in [9.17, 15) is 9.59 Å². The van der Waals surface area contributed by atoms with Crippen LogP contribution < -0.4 is 10.1 Å². The molecule has 1 aromatic carbocycles. The number of thioether (sulfide) groups is 1. The molecule has 0 bridgehead atoms. The van der Waals surface area contributed by atoms with Crippen molar-refractivity contribution in [1.82, 2.24) is 4.98 Å². The first-order valence-electron chi connectivity index (χ1n) is 7.33. The molecule has 0 aliphatic heterocycles. The number of para-hydroxylation sites is 2. The van der Waals surface area contributed by atoms with E-state index >= 15 is 0 Å². The van der Waals surface area contributed by atoms with Crippen molar-refractivity contribution in [1.29, 1.82) is 0 Å². The van der Waals surface area contributed by atoms with Crippen LogP contribution in [0.25, 0.3) is 0 Å². The average molecular weight is 346 g/mol. The van der Waals surface area contributed by atoms with Crippen LogP contribution in [0.3, 0.4) is 0 Å². The first kappa shape index (κ1) is 17.8. The van der Waals surface area contributed by atoms with E-state index in [-0.39, 0.29) is 6.61 Å². The molecular weight excluding hydrogens is 328 g/mol. The second-order valence-electron chi connectivity index (χ2n) is 4.61. The van der Waals surface area contributed by atoms with Gasteiger partial charge in [-0.15, -0.1) is 11.8 Å². The Balaban J connectivity index is 1.95. The number of carbonyl (C=O) groups is 2. The minimum absolute atomic E-state index is 0.340. The maximum absolute atomic E-state index is 12.1. The van der Waals surface area contributed by atoms with Crippen molar-refractivity contribution in [2.75, 3.05) is 24.8 Å². The summed E-state index contributed by atoms with van der Waals surface area (Å²) in [6, 6.07) is 10.3. The summed E-state index contributed by atoms with van der Waals surface area (Å²) in [5, 5.41) is 3.23. The number of anilines is 1. The molecule has 1 N–H and O–H groups in total. The molecular formula is C17H18N2O4S. The number of amides is 1. The van der Waals surface area contributed by atoms with Gasteiger partial charge in [0.15, 0.2) is 6.61 Å². The van der Waals surface area contributed by atoms with Gasteiger partial charge in [-0.1, -0.05) is 12.1 Å². The van der Waals surface area contributed by atoms with E-state index < -0.39 is 11.9 Å². The van der Waals surface area contributed by atoms with Gasteiger partial charge in [0, 0.05) is 6.20 Å². The van der Waals surface area contributed by atoms with Crippen molar-refractivity contribution in [3.63, 3.8) is 0 Å². The summed E-state index contributed by atoms with van der Waals surface area (Å²) >= 11 is 1.34. The van der Waals surface area contributed by atoms with Crippen LogP contribution in [0, 0.1) is 0 Å². The first-order chi connectivity index (χ1) is 11.7. The van der Waals surface area contributed by atoms with Crippen LogP contribution in [0.1, 0.15) is 17.3 Å². The van der Waals surface area contributed by atoms with Crippen molar-refractivity contribution in [2.24, 2.45) is 0 Å². The van der Waals surface area contributed by atoms with E-state index in [4.69, 9.17) is 9.47 Å². The maximum Gasteiger partial charge on any atom is 0.341 e. The molecule has 6 nitrogen and oxygen atoms in total. The van der Waals surface area contributed by atoms with Gasteiger partial charge in [0.05, 0.1) is 17.9 Å². The number of carbonyl (C=O) groups excluding carboxylic acids is 2. The highest BCUT2D eigenvalue weighted by Gasteiger charge is 2.15. The minimum atomic E-state index is -0.583. The van der Waals surface area contributed by atoms with Gasteiger partial charge < -0.3 is 14.8 Å². The zero-order chi connectivity index (χ0) is 17.4. The van der Waals surface area contributed by atoms with Gasteiger partial charge in [-0.05, 0) is 37.4 Å². The summed E-state index contributed by atoms with van der Waals surface area (Å²) in [6.07, 6.45) is 3.41. The largest absolute Gasteiger partial charge is 0.492 e. The van der Waals surface area contributed by atoms with Gasteiger partial charge >= 0.3 is 5.97 Å². The standard InChI is InChI=1S/C17H18N2O4S/c1-3-22-14-9-5-4-8-13(14)19-15(20)11-23-17(21)12-7-6-10-18-16(12)24-2/h4-10H,3,11H2,1-2H3,(H,19,20). The topological polar surface area (TPSA) is 77.5 Å². The van der Waals surface area contributed by atoms with Gasteiger partial charge in [-0.25, -0.2) is 9.78 Å². The van der Waals surface area contributed by atoms with E-state index in [0.29, 0.717) is 28.6 Å². The number of pyridine rings is 1. The van der Waals surface area contributed by atoms with Crippen LogP contribution in [0.15, 0.2) is 47.6 Å². The molecule has 0 aliphatic rings. The molecule has 1 heterocycles. The molecule has 2 rings (SSSR count). The molecule has 1 amide bonds. The summed E-state index contributed by atoms with van der Waals surface area (Å²) in [5.41, 5.74) is 0.874. The Morgan fingerprint density at radius 1 is 1.21 bits per heavy atom. The molecule has 7 heteroatoms. The normalized spacial score (nSPS) is 10.1. The molecule has 126 valence electrons. The summed E-state index contributed by atoms with van der Waals surface area (Å²) in [4.78, 5) is 28.2. The van der Waals surface area contributed by atoms with Crippen molar-refractivity contribution in [3.05, 3.63) is 48.2 Å². The highest BCUT2D eigenvalue weighted by atomic mass is 32.2. The second kappa shape index (κ2) is 8.93. The third-order valence-electron chi connectivity index (χ3n) is 2.98. The van der Waals surface area contributed by atoms with Crippen LogP contribution in [0.5, 0.6) is 5.75 Å². The molecule has 0 fully saturated rings. The lowest BCUT2D eigenvalue weighted by molar-refractivity contribution is -0.119. The second-order valence-corrected chi connectivity index (χ2v) is 5.41. The highest BCUT2D eigenvalue weighted by molar-refractivity contribution is 7.98. The van der Waals surface area contributed by atoms with Crippen LogP contribution in [0.2, 0.25) is 0 Å². The number of nitrogens with zero attached hydrogens (tertiary/aromatic N) is 1. The highest BCUT2D eigenvalue weighted by Crippen LogP contribution is 2.23. The van der Waals surface area contributed by atoms with Crippen LogP contribution in [-0.2, 0) is 9.53 Å². The lowest BCUT2D eigenvalue weighted by atomic mass is 10.3. The fourth-order valence-electron chi connectivity index (χ4n) is 1.96. The Hall–Kier alpha value is -2.54. The fraction of sp³-hybridized carbons (Fsp3) is 0.235. The summed E-state index contributed by atoms with van der Waals surface area (Å²) in [7, 11) is 0. The third kappa shape index (κ3) is 4.73. The lowest BCUT2D eigenvalue weighted by Crippen LogP contribution is -2.21. The number of benzene rings is 1. The van der Waals surface area contributed by atoms with E-state index in [0.717, 1.165) is 0 Å². The zero-order valence-electron chi connectivity index (χ0n) is 13.4. The van der Waals surface area contributed by atoms with Gasteiger partial charge in [0.25, 0.3) is 5.91 Å². The average Bonchev–Trinajstić information content (AvgIpc) is 2.61. The Kier molecular flexibility index (Phi) is 6.62. The predicted molar refractivity (Wildman–Crippen MR) is 92.5 cm³/mol. The third-order valence-corrected chi connectivity index (χ3v) is 3.69. The Bertz CT molecular complexity index is 721. The number of nitrogens with one attached hydrogen (secondary N) is 1. The van der Waals surface area contributed by atoms with Crippen molar-refractivity contribution in [3.8, 4) is 5.75 Å². The monoisotopic (exact) mass is 346 g/mol. The number of hydrogen-bond acceptors (Lipinski definition) is 6. The van der Waals surface area contributed by atoms with E-state index in [2.05, 4.69) is 10.3 Å². The summed E-state index contributed by atoms with van der Waals surface area (Å²) < 4.78 is 10.5. The maximum atomic E-state index is 12.1. The number of aromatic nitrogens is 1. The van der Waals surface area contributed by atoms with E-state index in [1.54, 1.807) is 36.5 Å². The molecule has 2 aromatic rings. The molecule has 0 atom stereocenters. The van der Waals surface area contributed by atoms with Crippen LogP contribution in [0.4, 0.5) is 5.69 Å². The van der Waals surface area contributed by atoms with Crippen molar-refractivity contribution >= 4 is 29.3 Å². The number of rotatable bonds is 7. The molecule has 1 aromatic heterocycles. The number of esters is 1. The van der Waals surface area contributed by atoms with E-state index in [1.165, 1.54) is 11.8 Å². The lowest BCUT2D eigenvalue weighted by Gasteiger charge is -2.11. The quantitative estimate of drug-likeness (QED) is 0.613. The zero-order valence-corrected chi connectivity index (χ0v) is 14.3. The molecule has 0 saturated carbocycles. The molecule has 0 spiro atoms. The molecule has 0 radical (unpaired) electrons. The smallest absolute Gasteiger partial charge is 0.341 e. The fourth-order valence-corrected chi connectivity index (χ4v) is 2.49. The summed E-state index contributed by atoms with van der Waals surface area (Å²) in [5.74, 6) is -0.456. The number of ether oxygens (including phenoxy) is 2. The summed E-state index contributed by atoms with van der Waals surface area (Å²) in [6.45, 7) is 1.96. The number of hydrogen-bond donors (Lipinski definition) is 1.